The predicted octanol–water partition coefficient (Wildman–Crippen LogP) is 2.19. The van der Waals surface area contributed by atoms with Gasteiger partial charge in [0.05, 0.1) is 13.2 Å². The van der Waals surface area contributed by atoms with Crippen molar-refractivity contribution in [3.63, 3.8) is 0 Å². The summed E-state index contributed by atoms with van der Waals surface area (Å²) in [6, 6.07) is 0. The summed E-state index contributed by atoms with van der Waals surface area (Å²) in [4.78, 5) is 0. The SMILES string of the molecule is CCC1OCC2C(CO1)C2(Cl)Cl. The summed E-state index contributed by atoms with van der Waals surface area (Å²) in [5, 5.41) is 0. The van der Waals surface area contributed by atoms with Gasteiger partial charge in [-0.1, -0.05) is 6.92 Å². The van der Waals surface area contributed by atoms with Gasteiger partial charge in [0.15, 0.2) is 6.29 Å². The Kier molecular flexibility index (Phi) is 2.28. The number of rotatable bonds is 1. The van der Waals surface area contributed by atoms with Crippen molar-refractivity contribution in [2.45, 2.75) is 24.0 Å². The van der Waals surface area contributed by atoms with Crippen LogP contribution in [0.3, 0.4) is 0 Å². The minimum absolute atomic E-state index is 0.0538. The second-order valence-corrected chi connectivity index (χ2v) is 4.84. The number of hydrogen-bond acceptors (Lipinski definition) is 2. The molecule has 2 nitrogen and oxygen atoms in total. The maximum atomic E-state index is 5.98. The van der Waals surface area contributed by atoms with Crippen molar-refractivity contribution >= 4 is 23.2 Å². The Hall–Kier alpha value is 0.500. The molecule has 4 heteroatoms. The van der Waals surface area contributed by atoms with Crippen LogP contribution in [-0.4, -0.2) is 23.8 Å². The van der Waals surface area contributed by atoms with Crippen LogP contribution in [0.4, 0.5) is 0 Å². The van der Waals surface area contributed by atoms with Crippen molar-refractivity contribution < 1.29 is 9.47 Å². The van der Waals surface area contributed by atoms with E-state index in [0.717, 1.165) is 6.42 Å². The molecule has 0 aromatic rings. The first-order valence-electron chi connectivity index (χ1n) is 4.27. The Labute approximate surface area is 82.1 Å². The zero-order chi connectivity index (χ0) is 8.77. The first-order chi connectivity index (χ1) is 5.66. The maximum Gasteiger partial charge on any atom is 0.157 e. The van der Waals surface area contributed by atoms with Crippen molar-refractivity contribution in [1.29, 1.82) is 0 Å². The molecule has 70 valence electrons. The summed E-state index contributed by atoms with van der Waals surface area (Å²) >= 11 is 12.0. The lowest BCUT2D eigenvalue weighted by molar-refractivity contribution is -0.135. The first-order valence-corrected chi connectivity index (χ1v) is 5.03. The topological polar surface area (TPSA) is 18.5 Å². The highest BCUT2D eigenvalue weighted by molar-refractivity contribution is 6.51. The molecule has 0 spiro atoms. The largest absolute Gasteiger partial charge is 0.352 e. The lowest BCUT2D eigenvalue weighted by Gasteiger charge is -2.15. The highest BCUT2D eigenvalue weighted by Crippen LogP contribution is 2.60. The fourth-order valence-corrected chi connectivity index (χ4v) is 2.36. The fraction of sp³-hybridized carbons (Fsp3) is 1.00. The summed E-state index contributed by atoms with van der Waals surface area (Å²) in [6.07, 6.45) is 0.832. The Morgan fingerprint density at radius 1 is 1.25 bits per heavy atom. The predicted molar refractivity (Wildman–Crippen MR) is 47.4 cm³/mol. The number of alkyl halides is 2. The van der Waals surface area contributed by atoms with Crippen LogP contribution in [0.2, 0.25) is 0 Å². The van der Waals surface area contributed by atoms with Gasteiger partial charge in [-0.15, -0.1) is 23.2 Å². The van der Waals surface area contributed by atoms with Gasteiger partial charge in [0, 0.05) is 11.8 Å². The maximum absolute atomic E-state index is 5.98. The second-order valence-electron chi connectivity index (χ2n) is 3.39. The molecular weight excluding hydrogens is 199 g/mol. The minimum Gasteiger partial charge on any atom is -0.352 e. The minimum atomic E-state index is -0.585. The normalized spacial score (nSPS) is 44.8. The highest BCUT2D eigenvalue weighted by Gasteiger charge is 2.64. The van der Waals surface area contributed by atoms with Crippen molar-refractivity contribution in [3.8, 4) is 0 Å². The van der Waals surface area contributed by atoms with Crippen LogP contribution in [0.1, 0.15) is 13.3 Å². The van der Waals surface area contributed by atoms with Gasteiger partial charge in [-0.3, -0.25) is 0 Å². The van der Waals surface area contributed by atoms with Crippen LogP contribution in [0.25, 0.3) is 0 Å². The second kappa shape index (κ2) is 3.02. The standard InChI is InChI=1S/C8H12Cl2O2/c1-2-7-11-3-5-6(4-12-7)8(5,9)10/h5-7H,2-4H2,1H3. The summed E-state index contributed by atoms with van der Waals surface area (Å²) in [5.74, 6) is 0.551. The number of fused-ring (bicyclic) bond motifs is 1. The molecule has 0 aromatic heterocycles. The van der Waals surface area contributed by atoms with Crippen molar-refractivity contribution in [3.05, 3.63) is 0 Å². The lowest BCUT2D eigenvalue weighted by atomic mass is 10.3. The van der Waals surface area contributed by atoms with Gasteiger partial charge in [0.1, 0.15) is 4.33 Å². The van der Waals surface area contributed by atoms with Crippen LogP contribution in [0.5, 0.6) is 0 Å². The molecule has 0 aromatic carbocycles. The first kappa shape index (κ1) is 9.07. The summed E-state index contributed by atoms with van der Waals surface area (Å²) in [7, 11) is 0. The van der Waals surface area contributed by atoms with E-state index in [-0.39, 0.29) is 18.1 Å². The molecule has 2 aliphatic rings. The molecule has 2 atom stereocenters. The number of hydrogen-bond donors (Lipinski definition) is 0. The van der Waals surface area contributed by atoms with E-state index in [1.807, 2.05) is 6.92 Å². The molecule has 2 fully saturated rings. The Bertz CT molecular complexity index is 168. The fourth-order valence-electron chi connectivity index (χ4n) is 1.62. The Morgan fingerprint density at radius 2 is 1.75 bits per heavy atom. The van der Waals surface area contributed by atoms with E-state index in [1.165, 1.54) is 0 Å². The molecule has 1 heterocycles. The van der Waals surface area contributed by atoms with E-state index in [4.69, 9.17) is 32.7 Å². The third-order valence-electron chi connectivity index (χ3n) is 2.62. The van der Waals surface area contributed by atoms with Crippen molar-refractivity contribution in [2.24, 2.45) is 11.8 Å². The Morgan fingerprint density at radius 3 is 2.17 bits per heavy atom. The van der Waals surface area contributed by atoms with Crippen LogP contribution in [0, 0.1) is 11.8 Å². The highest BCUT2D eigenvalue weighted by atomic mass is 35.5. The smallest absolute Gasteiger partial charge is 0.157 e. The van der Waals surface area contributed by atoms with E-state index in [0.29, 0.717) is 13.2 Å². The summed E-state index contributed by atoms with van der Waals surface area (Å²) < 4.78 is 10.3. The van der Waals surface area contributed by atoms with Crippen LogP contribution >= 0.6 is 23.2 Å². The van der Waals surface area contributed by atoms with Crippen LogP contribution < -0.4 is 0 Å². The van der Waals surface area contributed by atoms with Gasteiger partial charge in [-0.05, 0) is 6.42 Å². The van der Waals surface area contributed by atoms with E-state index in [2.05, 4.69) is 0 Å². The van der Waals surface area contributed by atoms with E-state index >= 15 is 0 Å². The van der Waals surface area contributed by atoms with Gasteiger partial charge in [0.2, 0.25) is 0 Å². The third kappa shape index (κ3) is 1.35. The molecule has 0 amide bonds. The third-order valence-corrected chi connectivity index (χ3v) is 3.74. The van der Waals surface area contributed by atoms with Crippen LogP contribution in [-0.2, 0) is 9.47 Å². The zero-order valence-corrected chi connectivity index (χ0v) is 8.44. The molecular formula is C8H12Cl2O2. The molecule has 12 heavy (non-hydrogen) atoms. The van der Waals surface area contributed by atoms with Gasteiger partial charge in [0.25, 0.3) is 0 Å². The molecule has 2 rings (SSSR count). The van der Waals surface area contributed by atoms with Gasteiger partial charge in [-0.25, -0.2) is 0 Å². The van der Waals surface area contributed by atoms with Crippen LogP contribution in [0.15, 0.2) is 0 Å². The molecule has 1 saturated carbocycles. The van der Waals surface area contributed by atoms with E-state index < -0.39 is 4.33 Å². The van der Waals surface area contributed by atoms with Crippen molar-refractivity contribution in [2.75, 3.05) is 13.2 Å². The van der Waals surface area contributed by atoms with E-state index in [9.17, 15) is 0 Å². The number of halogens is 2. The molecule has 2 unspecified atom stereocenters. The summed E-state index contributed by atoms with van der Waals surface area (Å²) in [6.45, 7) is 3.31. The van der Waals surface area contributed by atoms with Crippen molar-refractivity contribution in [1.82, 2.24) is 0 Å². The van der Waals surface area contributed by atoms with Gasteiger partial charge in [-0.2, -0.15) is 0 Å². The average molecular weight is 211 g/mol. The molecule has 1 saturated heterocycles. The quantitative estimate of drug-likeness (QED) is 0.619. The summed E-state index contributed by atoms with van der Waals surface area (Å²) in [5.41, 5.74) is 0. The van der Waals surface area contributed by atoms with E-state index in [1.54, 1.807) is 0 Å². The molecule has 0 bridgehead atoms. The molecule has 0 radical (unpaired) electrons. The van der Waals surface area contributed by atoms with Gasteiger partial charge < -0.3 is 9.47 Å². The monoisotopic (exact) mass is 210 g/mol. The average Bonchev–Trinajstić information content (AvgIpc) is 2.63. The molecule has 1 aliphatic carbocycles. The molecule has 0 N–H and O–H groups in total. The zero-order valence-electron chi connectivity index (χ0n) is 6.93. The molecule has 1 aliphatic heterocycles. The Balaban J connectivity index is 1.92. The number of ether oxygens (including phenoxy) is 2. The van der Waals surface area contributed by atoms with Gasteiger partial charge >= 0.3 is 0 Å². The lowest BCUT2D eigenvalue weighted by Crippen LogP contribution is -2.18.